The van der Waals surface area contributed by atoms with Crippen LogP contribution in [0.15, 0.2) is 53.1 Å². The van der Waals surface area contributed by atoms with E-state index in [0.717, 1.165) is 27.8 Å². The monoisotopic (exact) mass is 414 g/mol. The second kappa shape index (κ2) is 8.10. The molecule has 4 rings (SSSR count). The van der Waals surface area contributed by atoms with E-state index in [0.29, 0.717) is 23.0 Å². The molecule has 0 bridgehead atoms. The molecular formula is C21H16F2N2O3S. The van der Waals surface area contributed by atoms with Gasteiger partial charge in [-0.2, -0.15) is 9.37 Å². The Morgan fingerprint density at radius 3 is 2.66 bits per heavy atom. The smallest absolute Gasteiger partial charge is 0.258 e. The molecular weight excluding hydrogens is 398 g/mol. The highest BCUT2D eigenvalue weighted by atomic mass is 32.1. The molecule has 0 aliphatic rings. The van der Waals surface area contributed by atoms with Gasteiger partial charge in [0.05, 0.1) is 11.5 Å². The van der Waals surface area contributed by atoms with Crippen LogP contribution in [0, 0.1) is 11.6 Å². The zero-order valence-electron chi connectivity index (χ0n) is 15.4. The van der Waals surface area contributed by atoms with Gasteiger partial charge in [-0.25, -0.2) is 4.39 Å². The Morgan fingerprint density at radius 2 is 1.93 bits per heavy atom. The van der Waals surface area contributed by atoms with E-state index in [1.54, 1.807) is 24.3 Å². The normalized spacial score (nSPS) is 11.0. The molecule has 0 unspecified atom stereocenters. The summed E-state index contributed by atoms with van der Waals surface area (Å²) in [5.74, 6) is -1.07. The topological polar surface area (TPSA) is 68.4 Å². The number of ether oxygens (including phenoxy) is 1. The van der Waals surface area contributed by atoms with Crippen LogP contribution < -0.4 is 4.74 Å². The number of aliphatic hydroxyl groups is 1. The largest absolute Gasteiger partial charge is 0.454 e. The van der Waals surface area contributed by atoms with Gasteiger partial charge in [0.25, 0.3) is 5.89 Å². The van der Waals surface area contributed by atoms with E-state index in [9.17, 15) is 13.9 Å². The van der Waals surface area contributed by atoms with Gasteiger partial charge in [0.15, 0.2) is 11.6 Å². The van der Waals surface area contributed by atoms with Crippen LogP contribution in [0.3, 0.4) is 0 Å². The number of nitrogens with zero attached hydrogens (tertiary/aromatic N) is 2. The Morgan fingerprint density at radius 1 is 1.14 bits per heavy atom. The van der Waals surface area contributed by atoms with Crippen LogP contribution >= 0.6 is 11.3 Å². The van der Waals surface area contributed by atoms with Gasteiger partial charge >= 0.3 is 0 Å². The molecule has 0 atom stereocenters. The van der Waals surface area contributed by atoms with Crippen molar-refractivity contribution in [3.8, 4) is 33.7 Å². The fourth-order valence-corrected chi connectivity index (χ4v) is 3.84. The number of hydrogen-bond acceptors (Lipinski definition) is 6. The average molecular weight is 414 g/mol. The van der Waals surface area contributed by atoms with Gasteiger partial charge in [-0.1, -0.05) is 18.1 Å². The van der Waals surface area contributed by atoms with Crippen LogP contribution in [0.4, 0.5) is 8.78 Å². The summed E-state index contributed by atoms with van der Waals surface area (Å²) in [7, 11) is 0. The molecule has 0 amide bonds. The number of hydrogen-bond donors (Lipinski definition) is 1. The molecule has 0 saturated heterocycles. The van der Waals surface area contributed by atoms with Gasteiger partial charge in [-0.15, -0.1) is 11.3 Å². The Hall–Kier alpha value is -3.10. The minimum Gasteiger partial charge on any atom is -0.454 e. The molecule has 2 aromatic carbocycles. The van der Waals surface area contributed by atoms with Crippen molar-refractivity contribution in [2.75, 3.05) is 0 Å². The van der Waals surface area contributed by atoms with E-state index in [4.69, 9.17) is 9.26 Å². The standard InChI is InChI=1S/C21H16F2N2O3S/c1-2-12-10-15(11-26)29-19(12)20-24-21(28-25-20)13-6-8-14(9-7-13)27-17-5-3-4-16(22)18(17)23/h3-10,26H,2,11H2,1H3. The van der Waals surface area contributed by atoms with E-state index < -0.39 is 11.6 Å². The molecule has 0 spiro atoms. The molecule has 2 aromatic heterocycles. The first-order valence-electron chi connectivity index (χ1n) is 8.88. The number of halogens is 2. The number of rotatable bonds is 6. The van der Waals surface area contributed by atoms with Crippen molar-refractivity contribution in [2.45, 2.75) is 20.0 Å². The third kappa shape index (κ3) is 3.90. The second-order valence-corrected chi connectivity index (χ2v) is 7.32. The summed E-state index contributed by atoms with van der Waals surface area (Å²) in [5, 5.41) is 13.4. The highest BCUT2D eigenvalue weighted by Crippen LogP contribution is 2.33. The average Bonchev–Trinajstić information content (AvgIpc) is 3.38. The van der Waals surface area contributed by atoms with Crippen molar-refractivity contribution in [2.24, 2.45) is 0 Å². The molecule has 0 saturated carbocycles. The highest BCUT2D eigenvalue weighted by Gasteiger charge is 2.17. The second-order valence-electron chi connectivity index (χ2n) is 6.18. The van der Waals surface area contributed by atoms with Crippen molar-refractivity contribution in [3.63, 3.8) is 0 Å². The van der Waals surface area contributed by atoms with Gasteiger partial charge in [0.1, 0.15) is 5.75 Å². The van der Waals surface area contributed by atoms with E-state index in [1.807, 2.05) is 13.0 Å². The van der Waals surface area contributed by atoms with Crippen molar-refractivity contribution in [1.29, 1.82) is 0 Å². The summed E-state index contributed by atoms with van der Waals surface area (Å²) >= 11 is 1.43. The predicted octanol–water partition coefficient (Wildman–Crippen LogP) is 5.59. The van der Waals surface area contributed by atoms with Gasteiger partial charge in [0.2, 0.25) is 11.6 Å². The number of thiophene rings is 1. The van der Waals surface area contributed by atoms with E-state index in [1.165, 1.54) is 23.5 Å². The minimum absolute atomic E-state index is 0.0320. The Bertz CT molecular complexity index is 1140. The van der Waals surface area contributed by atoms with Gasteiger partial charge in [-0.05, 0) is 54.4 Å². The van der Waals surface area contributed by atoms with E-state index >= 15 is 0 Å². The third-order valence-corrected chi connectivity index (χ3v) is 5.43. The maximum absolute atomic E-state index is 13.7. The molecule has 0 aliphatic carbocycles. The molecule has 1 N–H and O–H groups in total. The van der Waals surface area contributed by atoms with Crippen molar-refractivity contribution >= 4 is 11.3 Å². The molecule has 8 heteroatoms. The summed E-state index contributed by atoms with van der Waals surface area (Å²) in [6.45, 7) is 1.99. The van der Waals surface area contributed by atoms with Gasteiger partial charge in [0, 0.05) is 10.4 Å². The first-order valence-corrected chi connectivity index (χ1v) is 9.69. The number of benzene rings is 2. The van der Waals surface area contributed by atoms with Gasteiger partial charge < -0.3 is 14.4 Å². The van der Waals surface area contributed by atoms with Crippen molar-refractivity contribution < 1.29 is 23.1 Å². The zero-order chi connectivity index (χ0) is 20.4. The molecule has 148 valence electrons. The maximum atomic E-state index is 13.7. The summed E-state index contributed by atoms with van der Waals surface area (Å²) < 4.78 is 37.8. The number of aryl methyl sites for hydroxylation is 1. The Labute approximate surface area is 169 Å². The summed E-state index contributed by atoms with van der Waals surface area (Å²) in [5.41, 5.74) is 1.71. The van der Waals surface area contributed by atoms with Crippen LogP contribution in [-0.2, 0) is 13.0 Å². The maximum Gasteiger partial charge on any atom is 0.258 e. The molecule has 0 radical (unpaired) electrons. The highest BCUT2D eigenvalue weighted by molar-refractivity contribution is 7.15. The molecule has 5 nitrogen and oxygen atoms in total. The fourth-order valence-electron chi connectivity index (χ4n) is 2.80. The van der Waals surface area contributed by atoms with Crippen LogP contribution in [-0.4, -0.2) is 15.2 Å². The van der Waals surface area contributed by atoms with Crippen LogP contribution in [0.2, 0.25) is 0 Å². The van der Waals surface area contributed by atoms with Gasteiger partial charge in [-0.3, -0.25) is 0 Å². The summed E-state index contributed by atoms with van der Waals surface area (Å²) in [4.78, 5) is 6.16. The van der Waals surface area contributed by atoms with Crippen LogP contribution in [0.25, 0.3) is 22.2 Å². The molecule has 0 fully saturated rings. The lowest BCUT2D eigenvalue weighted by Gasteiger charge is -2.07. The number of aliphatic hydroxyl groups excluding tert-OH is 1. The Kier molecular flexibility index (Phi) is 5.37. The lowest BCUT2D eigenvalue weighted by Crippen LogP contribution is -1.91. The summed E-state index contributed by atoms with van der Waals surface area (Å²) in [6, 6.07) is 12.3. The third-order valence-electron chi connectivity index (χ3n) is 4.27. The lowest BCUT2D eigenvalue weighted by molar-refractivity contribution is 0.285. The molecule has 2 heterocycles. The predicted molar refractivity (Wildman–Crippen MR) is 105 cm³/mol. The molecule has 29 heavy (non-hydrogen) atoms. The number of aromatic nitrogens is 2. The SMILES string of the molecule is CCc1cc(CO)sc1-c1noc(-c2ccc(Oc3cccc(F)c3F)cc2)n1. The van der Waals surface area contributed by atoms with Crippen LogP contribution in [0.5, 0.6) is 11.5 Å². The van der Waals surface area contributed by atoms with Crippen molar-refractivity contribution in [1.82, 2.24) is 10.1 Å². The zero-order valence-corrected chi connectivity index (χ0v) is 16.2. The quantitative estimate of drug-likeness (QED) is 0.445. The lowest BCUT2D eigenvalue weighted by atomic mass is 10.2. The van der Waals surface area contributed by atoms with E-state index in [2.05, 4.69) is 10.1 Å². The fraction of sp³-hybridized carbons (Fsp3) is 0.143. The van der Waals surface area contributed by atoms with Crippen LogP contribution in [0.1, 0.15) is 17.4 Å². The van der Waals surface area contributed by atoms with Crippen molar-refractivity contribution in [3.05, 3.63) is 70.6 Å². The molecule has 4 aromatic rings. The first-order chi connectivity index (χ1) is 14.1. The summed E-state index contributed by atoms with van der Waals surface area (Å²) in [6.07, 6.45) is 0.790. The Balaban J connectivity index is 1.56. The minimum atomic E-state index is -1.04. The van der Waals surface area contributed by atoms with E-state index in [-0.39, 0.29) is 12.4 Å². The molecule has 0 aliphatic heterocycles. The first kappa shape index (κ1) is 19.2.